The second kappa shape index (κ2) is 6.06. The highest BCUT2D eigenvalue weighted by Crippen LogP contribution is 2.20. The molecule has 1 heteroatoms. The van der Waals surface area contributed by atoms with E-state index in [-0.39, 0.29) is 0 Å². The van der Waals surface area contributed by atoms with Gasteiger partial charge in [-0.05, 0) is 29.2 Å². The van der Waals surface area contributed by atoms with E-state index in [1.165, 1.54) is 11.1 Å². The topological polar surface area (TPSA) is 9.23 Å². The molecule has 0 aliphatic carbocycles. The van der Waals surface area contributed by atoms with E-state index in [0.717, 1.165) is 5.75 Å². The monoisotopic (exact) mass is 238 g/mol. The molecule has 0 aliphatic rings. The van der Waals surface area contributed by atoms with E-state index in [4.69, 9.17) is 4.74 Å². The molecule has 0 heterocycles. The molecule has 2 aromatic rings. The lowest BCUT2D eigenvalue weighted by molar-refractivity contribution is 0.414. The lowest BCUT2D eigenvalue weighted by Crippen LogP contribution is -1.89. The van der Waals surface area contributed by atoms with Gasteiger partial charge in [-0.25, -0.2) is 0 Å². The van der Waals surface area contributed by atoms with Crippen LogP contribution in [-0.2, 0) is 0 Å². The normalized spacial score (nSPS) is 12.6. The number of hydrogen-bond donors (Lipinski definition) is 0. The van der Waals surface area contributed by atoms with Crippen LogP contribution in [0, 0.1) is 0 Å². The molecule has 92 valence electrons. The second-order valence-electron chi connectivity index (χ2n) is 4.33. The Morgan fingerprint density at radius 1 is 0.944 bits per heavy atom. The fourth-order valence-electron chi connectivity index (χ4n) is 1.84. The van der Waals surface area contributed by atoms with Crippen LogP contribution in [0.1, 0.15) is 24.0 Å². The van der Waals surface area contributed by atoms with E-state index in [9.17, 15) is 0 Å². The summed E-state index contributed by atoms with van der Waals surface area (Å²) in [7, 11) is 1.69. The molecule has 2 rings (SSSR count). The van der Waals surface area contributed by atoms with Crippen LogP contribution in [-0.4, -0.2) is 7.11 Å². The molecule has 0 radical (unpaired) electrons. The van der Waals surface area contributed by atoms with Crippen LogP contribution in [0.25, 0.3) is 6.08 Å². The van der Waals surface area contributed by atoms with Gasteiger partial charge >= 0.3 is 0 Å². The molecule has 0 fully saturated rings. The van der Waals surface area contributed by atoms with Gasteiger partial charge in [-0.15, -0.1) is 0 Å². The van der Waals surface area contributed by atoms with Gasteiger partial charge in [0, 0.05) is 0 Å². The average Bonchev–Trinajstić information content (AvgIpc) is 2.46. The maximum Gasteiger partial charge on any atom is 0.118 e. The quantitative estimate of drug-likeness (QED) is 0.761. The first-order valence-corrected chi connectivity index (χ1v) is 6.17. The average molecular weight is 238 g/mol. The summed E-state index contributed by atoms with van der Waals surface area (Å²) in [4.78, 5) is 0. The molecule has 1 unspecified atom stereocenters. The summed E-state index contributed by atoms with van der Waals surface area (Å²) in [6.45, 7) is 2.20. The molecular weight excluding hydrogens is 220 g/mol. The first-order valence-electron chi connectivity index (χ1n) is 6.17. The summed E-state index contributed by atoms with van der Waals surface area (Å²) in [5, 5.41) is 0. The van der Waals surface area contributed by atoms with E-state index in [2.05, 4.69) is 55.5 Å². The minimum Gasteiger partial charge on any atom is -0.497 e. The maximum absolute atomic E-state index is 5.16. The van der Waals surface area contributed by atoms with Gasteiger partial charge in [0.15, 0.2) is 0 Å². The van der Waals surface area contributed by atoms with Crippen LogP contribution < -0.4 is 4.74 Å². The number of rotatable bonds is 4. The highest BCUT2D eigenvalue weighted by Gasteiger charge is 2.01. The standard InChI is InChI=1S/C17H18O/c1-14(8-9-15-6-4-3-5-7-15)16-10-12-17(18-2)13-11-16/h3-14H,1-2H3/b9-8+. The van der Waals surface area contributed by atoms with Crippen molar-refractivity contribution in [3.8, 4) is 5.75 Å². The number of allylic oxidation sites excluding steroid dienone is 1. The third-order valence-electron chi connectivity index (χ3n) is 3.02. The van der Waals surface area contributed by atoms with Crippen molar-refractivity contribution in [2.24, 2.45) is 0 Å². The minimum atomic E-state index is 0.399. The molecule has 0 saturated carbocycles. The Labute approximate surface area is 109 Å². The molecular formula is C17H18O. The Balaban J connectivity index is 2.07. The SMILES string of the molecule is COc1ccc(C(C)/C=C/c2ccccc2)cc1. The van der Waals surface area contributed by atoms with Crippen molar-refractivity contribution in [3.05, 3.63) is 71.8 Å². The van der Waals surface area contributed by atoms with Crippen molar-refractivity contribution < 1.29 is 4.74 Å². The summed E-state index contributed by atoms with van der Waals surface area (Å²) in [6, 6.07) is 18.6. The Morgan fingerprint density at radius 2 is 1.61 bits per heavy atom. The van der Waals surface area contributed by atoms with E-state index in [1.54, 1.807) is 7.11 Å². The summed E-state index contributed by atoms with van der Waals surface area (Å²) >= 11 is 0. The molecule has 0 bridgehead atoms. The van der Waals surface area contributed by atoms with Crippen molar-refractivity contribution >= 4 is 6.08 Å². The van der Waals surface area contributed by atoms with E-state index in [1.807, 2.05) is 18.2 Å². The molecule has 0 amide bonds. The van der Waals surface area contributed by atoms with Crippen molar-refractivity contribution in [3.63, 3.8) is 0 Å². The van der Waals surface area contributed by atoms with Gasteiger partial charge in [0.2, 0.25) is 0 Å². The van der Waals surface area contributed by atoms with Gasteiger partial charge < -0.3 is 4.74 Å². The van der Waals surface area contributed by atoms with Gasteiger partial charge in [0.05, 0.1) is 7.11 Å². The van der Waals surface area contributed by atoms with Crippen molar-refractivity contribution in [1.29, 1.82) is 0 Å². The van der Waals surface area contributed by atoms with Crippen molar-refractivity contribution in [1.82, 2.24) is 0 Å². The molecule has 0 saturated heterocycles. The summed E-state index contributed by atoms with van der Waals surface area (Å²) < 4.78 is 5.16. The van der Waals surface area contributed by atoms with Crippen LogP contribution in [0.3, 0.4) is 0 Å². The fraction of sp³-hybridized carbons (Fsp3) is 0.176. The lowest BCUT2D eigenvalue weighted by atomic mass is 10.00. The molecule has 2 aromatic carbocycles. The zero-order valence-electron chi connectivity index (χ0n) is 10.8. The smallest absolute Gasteiger partial charge is 0.118 e. The number of benzene rings is 2. The fourth-order valence-corrected chi connectivity index (χ4v) is 1.84. The molecule has 0 aromatic heterocycles. The van der Waals surface area contributed by atoms with Gasteiger partial charge in [-0.1, -0.05) is 61.5 Å². The van der Waals surface area contributed by atoms with Crippen molar-refractivity contribution in [2.45, 2.75) is 12.8 Å². The van der Waals surface area contributed by atoms with Gasteiger partial charge in [-0.3, -0.25) is 0 Å². The van der Waals surface area contributed by atoms with Crippen LogP contribution in [0.5, 0.6) is 5.75 Å². The van der Waals surface area contributed by atoms with Crippen LogP contribution in [0.2, 0.25) is 0 Å². The number of hydrogen-bond acceptors (Lipinski definition) is 1. The second-order valence-corrected chi connectivity index (χ2v) is 4.33. The third kappa shape index (κ3) is 3.24. The van der Waals surface area contributed by atoms with Crippen LogP contribution in [0.15, 0.2) is 60.7 Å². The van der Waals surface area contributed by atoms with Gasteiger partial charge in [-0.2, -0.15) is 0 Å². The Kier molecular flexibility index (Phi) is 4.19. The van der Waals surface area contributed by atoms with Crippen LogP contribution in [0.4, 0.5) is 0 Å². The Hall–Kier alpha value is -2.02. The predicted molar refractivity (Wildman–Crippen MR) is 76.9 cm³/mol. The molecule has 0 aliphatic heterocycles. The largest absolute Gasteiger partial charge is 0.497 e. The first-order chi connectivity index (χ1) is 8.79. The Bertz CT molecular complexity index is 497. The van der Waals surface area contributed by atoms with E-state index in [0.29, 0.717) is 5.92 Å². The summed E-state index contributed by atoms with van der Waals surface area (Å²) in [5.74, 6) is 1.30. The Morgan fingerprint density at radius 3 is 2.22 bits per heavy atom. The molecule has 0 spiro atoms. The molecule has 1 atom stereocenters. The van der Waals surface area contributed by atoms with Crippen molar-refractivity contribution in [2.75, 3.05) is 7.11 Å². The number of ether oxygens (including phenoxy) is 1. The third-order valence-corrected chi connectivity index (χ3v) is 3.02. The minimum absolute atomic E-state index is 0.399. The van der Waals surface area contributed by atoms with Gasteiger partial charge in [0.1, 0.15) is 5.75 Å². The molecule has 18 heavy (non-hydrogen) atoms. The number of methoxy groups -OCH3 is 1. The lowest BCUT2D eigenvalue weighted by Gasteiger charge is -2.07. The molecule has 1 nitrogen and oxygen atoms in total. The first kappa shape index (κ1) is 12.4. The van der Waals surface area contributed by atoms with Gasteiger partial charge in [0.25, 0.3) is 0 Å². The zero-order valence-corrected chi connectivity index (χ0v) is 10.8. The summed E-state index contributed by atoms with van der Waals surface area (Å²) in [6.07, 6.45) is 4.38. The summed E-state index contributed by atoms with van der Waals surface area (Å²) in [5.41, 5.74) is 2.53. The highest BCUT2D eigenvalue weighted by atomic mass is 16.5. The maximum atomic E-state index is 5.16. The van der Waals surface area contributed by atoms with E-state index < -0.39 is 0 Å². The predicted octanol–water partition coefficient (Wildman–Crippen LogP) is 4.51. The zero-order chi connectivity index (χ0) is 12.8. The van der Waals surface area contributed by atoms with E-state index >= 15 is 0 Å². The molecule has 0 N–H and O–H groups in total. The van der Waals surface area contributed by atoms with Crippen LogP contribution >= 0.6 is 0 Å². The highest BCUT2D eigenvalue weighted by molar-refractivity contribution is 5.50.